The smallest absolute Gasteiger partial charge is 0.299 e. The molecular formula is C22H19ClN4O3. The molecule has 2 heterocycles. The molecule has 0 fully saturated rings. The molecule has 0 saturated carbocycles. The Hall–Kier alpha value is -3.58. The number of H-pyrrole nitrogens is 1. The van der Waals surface area contributed by atoms with E-state index in [-0.39, 0.29) is 5.95 Å². The number of hydrogen-bond donors (Lipinski definition) is 2. The van der Waals surface area contributed by atoms with Crippen molar-refractivity contribution in [3.05, 3.63) is 76.7 Å². The lowest BCUT2D eigenvalue weighted by Crippen LogP contribution is -2.24. The number of nitrogens with one attached hydrogen (secondary N) is 2. The fourth-order valence-electron chi connectivity index (χ4n) is 3.46. The fourth-order valence-corrected chi connectivity index (χ4v) is 3.59. The van der Waals surface area contributed by atoms with Gasteiger partial charge in [0.05, 0.1) is 12.7 Å². The Kier molecular flexibility index (Phi) is 5.29. The van der Waals surface area contributed by atoms with Crippen molar-refractivity contribution in [2.75, 3.05) is 12.4 Å². The zero-order valence-electron chi connectivity index (χ0n) is 16.4. The number of nitrogens with zero attached hydrogens (tertiary/aromatic N) is 2. The minimum absolute atomic E-state index is 0.216. The van der Waals surface area contributed by atoms with Crippen molar-refractivity contribution in [3.63, 3.8) is 0 Å². The highest BCUT2D eigenvalue weighted by molar-refractivity contribution is 6.48. The van der Waals surface area contributed by atoms with Crippen LogP contribution in [0.3, 0.4) is 0 Å². The first-order chi connectivity index (χ1) is 14.5. The first-order valence-electron chi connectivity index (χ1n) is 9.24. The summed E-state index contributed by atoms with van der Waals surface area (Å²) in [4.78, 5) is 32.4. The SMILES string of the molecule is COc1ccc2c(c1)c(C(=O)C(=O)Nc1ncc[nH]1)c(C)n2Cc1ccc(Cl)cc1. The summed E-state index contributed by atoms with van der Waals surface area (Å²) in [6.45, 7) is 2.36. The van der Waals surface area contributed by atoms with Crippen LogP contribution < -0.4 is 10.1 Å². The number of aromatic nitrogens is 3. The number of Topliss-reactive ketones (excluding diaryl/α,β-unsaturated/α-hetero) is 1. The van der Waals surface area contributed by atoms with Gasteiger partial charge in [0.1, 0.15) is 5.75 Å². The van der Waals surface area contributed by atoms with E-state index in [4.69, 9.17) is 16.3 Å². The Bertz CT molecular complexity index is 1230. The molecule has 7 nitrogen and oxygen atoms in total. The van der Waals surface area contributed by atoms with Gasteiger partial charge in [0.15, 0.2) is 0 Å². The molecule has 0 aliphatic rings. The molecule has 2 N–H and O–H groups in total. The second-order valence-electron chi connectivity index (χ2n) is 6.78. The van der Waals surface area contributed by atoms with Gasteiger partial charge in [-0.05, 0) is 42.8 Å². The van der Waals surface area contributed by atoms with Gasteiger partial charge >= 0.3 is 0 Å². The van der Waals surface area contributed by atoms with Crippen LogP contribution >= 0.6 is 11.6 Å². The Morgan fingerprint density at radius 3 is 2.63 bits per heavy atom. The molecule has 0 saturated heterocycles. The first-order valence-corrected chi connectivity index (χ1v) is 9.62. The number of amides is 1. The summed E-state index contributed by atoms with van der Waals surface area (Å²) in [5.41, 5.74) is 2.88. The average Bonchev–Trinajstić information content (AvgIpc) is 3.35. The first kappa shape index (κ1) is 19.7. The average molecular weight is 423 g/mol. The van der Waals surface area contributed by atoms with Gasteiger partial charge in [-0.2, -0.15) is 0 Å². The molecule has 2 aromatic heterocycles. The summed E-state index contributed by atoms with van der Waals surface area (Å²) in [7, 11) is 1.56. The predicted molar refractivity (Wildman–Crippen MR) is 115 cm³/mol. The molecule has 0 aliphatic heterocycles. The number of carbonyl (C=O) groups is 2. The van der Waals surface area contributed by atoms with Gasteiger partial charge in [0, 0.05) is 40.6 Å². The second kappa shape index (κ2) is 8.04. The van der Waals surface area contributed by atoms with Gasteiger partial charge in [-0.25, -0.2) is 4.98 Å². The number of rotatable bonds is 6. The monoisotopic (exact) mass is 422 g/mol. The molecule has 1 amide bonds. The predicted octanol–water partition coefficient (Wildman–Crippen LogP) is 4.20. The van der Waals surface area contributed by atoms with Crippen LogP contribution in [0.5, 0.6) is 5.75 Å². The molecule has 0 radical (unpaired) electrons. The minimum Gasteiger partial charge on any atom is -0.497 e. The summed E-state index contributed by atoms with van der Waals surface area (Å²) in [5.74, 6) is -0.585. The summed E-state index contributed by atoms with van der Waals surface area (Å²) in [5, 5.41) is 3.80. The molecule has 152 valence electrons. The lowest BCUT2D eigenvalue weighted by atomic mass is 10.1. The maximum atomic E-state index is 13.1. The number of hydrogen-bond acceptors (Lipinski definition) is 4. The number of ether oxygens (including phenoxy) is 1. The topological polar surface area (TPSA) is 89.0 Å². The molecule has 0 spiro atoms. The fraction of sp³-hybridized carbons (Fsp3) is 0.136. The van der Waals surface area contributed by atoms with E-state index < -0.39 is 11.7 Å². The highest BCUT2D eigenvalue weighted by Gasteiger charge is 2.26. The number of ketones is 1. The molecule has 0 bridgehead atoms. The van der Waals surface area contributed by atoms with Crippen molar-refractivity contribution in [1.82, 2.24) is 14.5 Å². The van der Waals surface area contributed by atoms with E-state index in [9.17, 15) is 9.59 Å². The van der Waals surface area contributed by atoms with Crippen molar-refractivity contribution < 1.29 is 14.3 Å². The molecule has 0 unspecified atom stereocenters. The van der Waals surface area contributed by atoms with E-state index in [2.05, 4.69) is 15.3 Å². The van der Waals surface area contributed by atoms with E-state index in [1.54, 1.807) is 19.4 Å². The highest BCUT2D eigenvalue weighted by atomic mass is 35.5. The Morgan fingerprint density at radius 2 is 1.97 bits per heavy atom. The third kappa shape index (κ3) is 3.67. The van der Waals surface area contributed by atoms with Crippen LogP contribution in [0.15, 0.2) is 54.9 Å². The molecule has 0 atom stereocenters. The molecule has 30 heavy (non-hydrogen) atoms. The van der Waals surface area contributed by atoms with Crippen LogP contribution in [0.4, 0.5) is 5.95 Å². The summed E-state index contributed by atoms with van der Waals surface area (Å²) in [6, 6.07) is 13.0. The third-order valence-corrected chi connectivity index (χ3v) is 5.20. The maximum absolute atomic E-state index is 13.1. The lowest BCUT2D eigenvalue weighted by Gasteiger charge is -2.09. The number of methoxy groups -OCH3 is 1. The lowest BCUT2D eigenvalue weighted by molar-refractivity contribution is -0.112. The molecule has 2 aromatic carbocycles. The number of aromatic amines is 1. The molecule has 8 heteroatoms. The number of anilines is 1. The van der Waals surface area contributed by atoms with Crippen LogP contribution in [0.1, 0.15) is 21.6 Å². The highest BCUT2D eigenvalue weighted by Crippen LogP contribution is 2.31. The zero-order chi connectivity index (χ0) is 21.3. The normalized spacial score (nSPS) is 10.9. The molecule has 0 aliphatic carbocycles. The Labute approximate surface area is 177 Å². The van der Waals surface area contributed by atoms with E-state index >= 15 is 0 Å². The number of fused-ring (bicyclic) bond motifs is 1. The number of halogens is 1. The van der Waals surface area contributed by atoms with Crippen molar-refractivity contribution in [2.24, 2.45) is 0 Å². The second-order valence-corrected chi connectivity index (χ2v) is 7.21. The van der Waals surface area contributed by atoms with Gasteiger partial charge < -0.3 is 14.3 Å². The minimum atomic E-state index is -0.763. The van der Waals surface area contributed by atoms with E-state index in [1.165, 1.54) is 6.20 Å². The van der Waals surface area contributed by atoms with Crippen molar-refractivity contribution >= 4 is 40.1 Å². The molecule has 4 aromatic rings. The zero-order valence-corrected chi connectivity index (χ0v) is 17.2. The van der Waals surface area contributed by atoms with E-state index in [0.717, 1.165) is 11.1 Å². The Balaban J connectivity index is 1.79. The van der Waals surface area contributed by atoms with E-state index in [1.807, 2.05) is 47.9 Å². The van der Waals surface area contributed by atoms with Gasteiger partial charge in [-0.15, -0.1) is 0 Å². The summed E-state index contributed by atoms with van der Waals surface area (Å²) in [6.07, 6.45) is 3.06. The van der Waals surface area contributed by atoms with Gasteiger partial charge in [0.2, 0.25) is 5.95 Å². The summed E-state index contributed by atoms with van der Waals surface area (Å²) < 4.78 is 7.34. The maximum Gasteiger partial charge on any atom is 0.299 e. The number of carbonyl (C=O) groups excluding carboxylic acids is 2. The van der Waals surface area contributed by atoms with Crippen LogP contribution in [-0.4, -0.2) is 33.3 Å². The third-order valence-electron chi connectivity index (χ3n) is 4.95. The van der Waals surface area contributed by atoms with Crippen LogP contribution in [-0.2, 0) is 11.3 Å². The number of imidazole rings is 1. The van der Waals surface area contributed by atoms with Crippen molar-refractivity contribution in [3.8, 4) is 5.75 Å². The standard InChI is InChI=1S/C22H19ClN4O3/c1-13-19(20(28)21(29)26-22-24-9-10-25-22)17-11-16(30-2)7-8-18(17)27(13)12-14-3-5-15(23)6-4-14/h3-11H,12H2,1-2H3,(H2,24,25,26,29). The van der Waals surface area contributed by atoms with Crippen LogP contribution in [0.25, 0.3) is 10.9 Å². The quantitative estimate of drug-likeness (QED) is 0.360. The van der Waals surface area contributed by atoms with Crippen LogP contribution in [0, 0.1) is 6.92 Å². The number of benzene rings is 2. The molecule has 4 rings (SSSR count). The Morgan fingerprint density at radius 1 is 1.20 bits per heavy atom. The van der Waals surface area contributed by atoms with Crippen molar-refractivity contribution in [2.45, 2.75) is 13.5 Å². The van der Waals surface area contributed by atoms with Crippen molar-refractivity contribution in [1.29, 1.82) is 0 Å². The van der Waals surface area contributed by atoms with Gasteiger partial charge in [-0.1, -0.05) is 23.7 Å². The van der Waals surface area contributed by atoms with Crippen LogP contribution in [0.2, 0.25) is 5.02 Å². The van der Waals surface area contributed by atoms with Gasteiger partial charge in [0.25, 0.3) is 11.7 Å². The van der Waals surface area contributed by atoms with Gasteiger partial charge in [-0.3, -0.25) is 14.9 Å². The van der Waals surface area contributed by atoms with E-state index in [0.29, 0.717) is 34.0 Å². The largest absolute Gasteiger partial charge is 0.497 e. The molecular weight excluding hydrogens is 404 g/mol. The summed E-state index contributed by atoms with van der Waals surface area (Å²) >= 11 is 6.00.